The Bertz CT molecular complexity index is 491. The lowest BCUT2D eigenvalue weighted by Crippen LogP contribution is -2.17. The maximum absolute atomic E-state index is 5.63. The van der Waals surface area contributed by atoms with Gasteiger partial charge in [0.25, 0.3) is 0 Å². The molecule has 0 saturated heterocycles. The first kappa shape index (κ1) is 12.8. The van der Waals surface area contributed by atoms with E-state index in [0.29, 0.717) is 5.92 Å². The molecule has 1 heterocycles. The predicted octanol–water partition coefficient (Wildman–Crippen LogP) is 3.02. The van der Waals surface area contributed by atoms with E-state index in [1.54, 1.807) is 0 Å². The molecule has 1 aromatic heterocycles. The summed E-state index contributed by atoms with van der Waals surface area (Å²) >= 11 is 0. The number of anilines is 1. The molecule has 0 saturated carbocycles. The lowest BCUT2D eigenvalue weighted by molar-refractivity contribution is 0.501. The molecule has 0 spiro atoms. The third-order valence-electron chi connectivity index (χ3n) is 3.38. The molecule has 2 rings (SSSR count). The van der Waals surface area contributed by atoms with Crippen LogP contribution in [0.3, 0.4) is 0 Å². The van der Waals surface area contributed by atoms with Crippen molar-refractivity contribution in [3.63, 3.8) is 0 Å². The number of aromatic nitrogens is 1. The summed E-state index contributed by atoms with van der Waals surface area (Å²) in [5.41, 5.74) is 7.83. The lowest BCUT2D eigenvalue weighted by atomic mass is 10.0. The fourth-order valence-corrected chi connectivity index (χ4v) is 2.19. The SMILES string of the molecule is CCC(CCN)CNc1ccnc2ccccc12. The van der Waals surface area contributed by atoms with Crippen LogP contribution in [0.15, 0.2) is 36.5 Å². The van der Waals surface area contributed by atoms with E-state index < -0.39 is 0 Å². The van der Waals surface area contributed by atoms with Crippen LogP contribution in [0.1, 0.15) is 19.8 Å². The van der Waals surface area contributed by atoms with Crippen LogP contribution in [0.4, 0.5) is 5.69 Å². The van der Waals surface area contributed by atoms with Crippen molar-refractivity contribution in [3.8, 4) is 0 Å². The zero-order valence-corrected chi connectivity index (χ0v) is 10.9. The van der Waals surface area contributed by atoms with Crippen LogP contribution < -0.4 is 11.1 Å². The van der Waals surface area contributed by atoms with Gasteiger partial charge in [-0.05, 0) is 31.0 Å². The van der Waals surface area contributed by atoms with Crippen molar-refractivity contribution in [2.24, 2.45) is 11.7 Å². The minimum atomic E-state index is 0.641. The number of benzene rings is 1. The first-order valence-electron chi connectivity index (χ1n) is 6.62. The molecule has 1 atom stereocenters. The van der Waals surface area contributed by atoms with Gasteiger partial charge in [-0.25, -0.2) is 0 Å². The summed E-state index contributed by atoms with van der Waals surface area (Å²) in [5.74, 6) is 0.641. The molecule has 1 aromatic carbocycles. The summed E-state index contributed by atoms with van der Waals surface area (Å²) in [5, 5.41) is 4.71. The van der Waals surface area contributed by atoms with Gasteiger partial charge in [-0.1, -0.05) is 31.5 Å². The number of para-hydroxylation sites is 1. The van der Waals surface area contributed by atoms with Crippen molar-refractivity contribution in [1.82, 2.24) is 4.98 Å². The average Bonchev–Trinajstić information content (AvgIpc) is 2.43. The number of fused-ring (bicyclic) bond motifs is 1. The molecule has 3 heteroatoms. The maximum Gasteiger partial charge on any atom is 0.0722 e. The van der Waals surface area contributed by atoms with Gasteiger partial charge in [0.15, 0.2) is 0 Å². The van der Waals surface area contributed by atoms with Crippen LogP contribution in [0, 0.1) is 5.92 Å². The minimum Gasteiger partial charge on any atom is -0.384 e. The van der Waals surface area contributed by atoms with E-state index in [-0.39, 0.29) is 0 Å². The summed E-state index contributed by atoms with van der Waals surface area (Å²) in [6, 6.07) is 10.2. The molecule has 1 unspecified atom stereocenters. The molecule has 3 nitrogen and oxygen atoms in total. The second-order valence-electron chi connectivity index (χ2n) is 4.61. The van der Waals surface area contributed by atoms with Gasteiger partial charge in [-0.15, -0.1) is 0 Å². The number of nitrogens with two attached hydrogens (primary N) is 1. The highest BCUT2D eigenvalue weighted by Crippen LogP contribution is 2.21. The second-order valence-corrected chi connectivity index (χ2v) is 4.61. The molecule has 2 aromatic rings. The number of nitrogens with zero attached hydrogens (tertiary/aromatic N) is 1. The normalized spacial score (nSPS) is 12.6. The van der Waals surface area contributed by atoms with Gasteiger partial charge in [-0.3, -0.25) is 4.98 Å². The monoisotopic (exact) mass is 243 g/mol. The Kier molecular flexibility index (Phi) is 4.53. The molecule has 18 heavy (non-hydrogen) atoms. The van der Waals surface area contributed by atoms with Crippen molar-refractivity contribution < 1.29 is 0 Å². The first-order chi connectivity index (χ1) is 8.85. The predicted molar refractivity (Wildman–Crippen MR) is 77.7 cm³/mol. The van der Waals surface area contributed by atoms with Crippen LogP contribution in [-0.4, -0.2) is 18.1 Å². The molecular formula is C15H21N3. The first-order valence-corrected chi connectivity index (χ1v) is 6.62. The molecule has 0 fully saturated rings. The highest BCUT2D eigenvalue weighted by molar-refractivity contribution is 5.90. The van der Waals surface area contributed by atoms with Gasteiger partial charge >= 0.3 is 0 Å². The molecule has 0 amide bonds. The van der Waals surface area contributed by atoms with Crippen LogP contribution in [-0.2, 0) is 0 Å². The quantitative estimate of drug-likeness (QED) is 0.820. The van der Waals surface area contributed by atoms with E-state index in [2.05, 4.69) is 23.3 Å². The molecule has 0 bridgehead atoms. The summed E-state index contributed by atoms with van der Waals surface area (Å²) in [6.07, 6.45) is 4.09. The van der Waals surface area contributed by atoms with Crippen molar-refractivity contribution >= 4 is 16.6 Å². The highest BCUT2D eigenvalue weighted by atomic mass is 14.9. The zero-order valence-electron chi connectivity index (χ0n) is 10.9. The van der Waals surface area contributed by atoms with Gasteiger partial charge < -0.3 is 11.1 Å². The van der Waals surface area contributed by atoms with Crippen LogP contribution in [0.5, 0.6) is 0 Å². The van der Waals surface area contributed by atoms with E-state index >= 15 is 0 Å². The molecular weight excluding hydrogens is 222 g/mol. The zero-order chi connectivity index (χ0) is 12.8. The summed E-state index contributed by atoms with van der Waals surface area (Å²) in [7, 11) is 0. The number of nitrogens with one attached hydrogen (secondary N) is 1. The Morgan fingerprint density at radius 1 is 1.28 bits per heavy atom. The fraction of sp³-hybridized carbons (Fsp3) is 0.400. The van der Waals surface area contributed by atoms with Gasteiger partial charge in [0.2, 0.25) is 0 Å². The van der Waals surface area contributed by atoms with E-state index in [1.165, 1.54) is 5.39 Å². The number of hydrogen-bond acceptors (Lipinski definition) is 3. The van der Waals surface area contributed by atoms with E-state index in [9.17, 15) is 0 Å². The Morgan fingerprint density at radius 3 is 2.89 bits per heavy atom. The molecule has 0 radical (unpaired) electrons. The smallest absolute Gasteiger partial charge is 0.0722 e. The number of rotatable bonds is 6. The summed E-state index contributed by atoms with van der Waals surface area (Å²) in [6.45, 7) is 3.95. The average molecular weight is 243 g/mol. The third kappa shape index (κ3) is 2.99. The van der Waals surface area contributed by atoms with Crippen molar-refractivity contribution in [1.29, 1.82) is 0 Å². The van der Waals surface area contributed by atoms with Crippen LogP contribution in [0.25, 0.3) is 10.9 Å². The van der Waals surface area contributed by atoms with Crippen LogP contribution >= 0.6 is 0 Å². The second kappa shape index (κ2) is 6.36. The lowest BCUT2D eigenvalue weighted by Gasteiger charge is -2.16. The molecule has 0 aliphatic rings. The standard InChI is InChI=1S/C15H21N3/c1-2-12(7-9-16)11-18-15-8-10-17-14-6-4-3-5-13(14)15/h3-6,8,10,12H,2,7,9,11,16H2,1H3,(H,17,18). The van der Waals surface area contributed by atoms with E-state index in [4.69, 9.17) is 5.73 Å². The number of pyridine rings is 1. The molecule has 0 aliphatic carbocycles. The minimum absolute atomic E-state index is 0.641. The van der Waals surface area contributed by atoms with Gasteiger partial charge in [0, 0.05) is 23.8 Å². The summed E-state index contributed by atoms with van der Waals surface area (Å²) < 4.78 is 0. The third-order valence-corrected chi connectivity index (χ3v) is 3.38. The molecule has 0 aliphatic heterocycles. The Labute approximate surface area is 108 Å². The molecule has 96 valence electrons. The van der Waals surface area contributed by atoms with Gasteiger partial charge in [0.05, 0.1) is 5.52 Å². The maximum atomic E-state index is 5.63. The van der Waals surface area contributed by atoms with E-state index in [0.717, 1.165) is 37.1 Å². The Balaban J connectivity index is 2.11. The largest absolute Gasteiger partial charge is 0.384 e. The van der Waals surface area contributed by atoms with Crippen molar-refractivity contribution in [2.75, 3.05) is 18.4 Å². The highest BCUT2D eigenvalue weighted by Gasteiger charge is 2.06. The Hall–Kier alpha value is -1.61. The van der Waals surface area contributed by atoms with Crippen LogP contribution in [0.2, 0.25) is 0 Å². The Morgan fingerprint density at radius 2 is 2.11 bits per heavy atom. The van der Waals surface area contributed by atoms with Gasteiger partial charge in [0.1, 0.15) is 0 Å². The van der Waals surface area contributed by atoms with E-state index in [1.807, 2.05) is 30.5 Å². The van der Waals surface area contributed by atoms with Gasteiger partial charge in [-0.2, -0.15) is 0 Å². The topological polar surface area (TPSA) is 50.9 Å². The fourth-order valence-electron chi connectivity index (χ4n) is 2.19. The summed E-state index contributed by atoms with van der Waals surface area (Å²) in [4.78, 5) is 4.37. The van der Waals surface area contributed by atoms with Crippen molar-refractivity contribution in [2.45, 2.75) is 19.8 Å². The molecule has 3 N–H and O–H groups in total. The number of hydrogen-bond donors (Lipinski definition) is 2. The van der Waals surface area contributed by atoms with Crippen molar-refractivity contribution in [3.05, 3.63) is 36.5 Å².